The lowest BCUT2D eigenvalue weighted by Crippen LogP contribution is -2.29. The highest BCUT2D eigenvalue weighted by Crippen LogP contribution is 2.17. The molecule has 0 aliphatic rings. The van der Waals surface area contributed by atoms with Gasteiger partial charge < -0.3 is 14.9 Å². The number of aliphatic hydroxyl groups is 1. The lowest BCUT2D eigenvalue weighted by atomic mass is 10.2. The highest BCUT2D eigenvalue weighted by molar-refractivity contribution is 9.10. The first-order valence-electron chi connectivity index (χ1n) is 5.45. The molecule has 0 spiro atoms. The highest BCUT2D eigenvalue weighted by Gasteiger charge is 2.25. The quantitative estimate of drug-likeness (QED) is 0.459. The molecule has 0 saturated heterocycles. The molecule has 0 rings (SSSR count). The van der Waals surface area contributed by atoms with E-state index >= 15 is 0 Å². The van der Waals surface area contributed by atoms with Crippen molar-refractivity contribution in [2.75, 3.05) is 6.61 Å². The van der Waals surface area contributed by atoms with Gasteiger partial charge in [-0.1, -0.05) is 29.4 Å². The van der Waals surface area contributed by atoms with Gasteiger partial charge in [0.25, 0.3) is 0 Å². The van der Waals surface area contributed by atoms with Crippen LogP contribution >= 0.6 is 15.9 Å². The van der Waals surface area contributed by atoms with Crippen molar-refractivity contribution in [1.82, 2.24) is 0 Å². The third-order valence-electron chi connectivity index (χ3n) is 1.73. The number of carbonyl (C=O) groups excluding carboxylic acids is 1. The van der Waals surface area contributed by atoms with Crippen molar-refractivity contribution in [1.29, 1.82) is 0 Å². The molecule has 0 saturated carbocycles. The van der Waals surface area contributed by atoms with Gasteiger partial charge in [-0.3, -0.25) is 4.79 Å². The molecule has 5 nitrogen and oxygen atoms in total. The summed E-state index contributed by atoms with van der Waals surface area (Å²) >= 11 is 3.16. The van der Waals surface area contributed by atoms with Crippen LogP contribution in [0.5, 0.6) is 0 Å². The van der Waals surface area contributed by atoms with Gasteiger partial charge >= 0.3 is 11.9 Å². The molecule has 6 heteroatoms. The minimum Gasteiger partial charge on any atom is -0.478 e. The van der Waals surface area contributed by atoms with Gasteiger partial charge in [0.1, 0.15) is 10.9 Å². The Bertz CT molecular complexity index is 281. The molecule has 2 N–H and O–H groups in total. The van der Waals surface area contributed by atoms with Crippen molar-refractivity contribution < 1.29 is 24.5 Å². The third kappa shape index (κ3) is 11.6. The van der Waals surface area contributed by atoms with Crippen molar-refractivity contribution in [3.8, 4) is 0 Å². The lowest BCUT2D eigenvalue weighted by Gasteiger charge is -2.16. The van der Waals surface area contributed by atoms with Crippen LogP contribution in [0.3, 0.4) is 0 Å². The van der Waals surface area contributed by atoms with Crippen LogP contribution in [-0.2, 0) is 14.3 Å². The standard InChI is InChI=1S/C8H15BrO3.C4H6O2/c1-4-6(10)5-12-7(11)8(2,3)9;1-3(2)4(5)6/h6,10H,4-5H2,1-3H3;1H2,2H3,(H,5,6). The largest absolute Gasteiger partial charge is 0.478 e. The van der Waals surface area contributed by atoms with Crippen molar-refractivity contribution in [3.63, 3.8) is 0 Å². The Balaban J connectivity index is 0. The monoisotopic (exact) mass is 324 g/mol. The van der Waals surface area contributed by atoms with Crippen molar-refractivity contribution in [2.24, 2.45) is 0 Å². The summed E-state index contributed by atoms with van der Waals surface area (Å²) < 4.78 is 4.16. The van der Waals surface area contributed by atoms with Gasteiger partial charge in [-0.15, -0.1) is 0 Å². The van der Waals surface area contributed by atoms with E-state index in [2.05, 4.69) is 22.5 Å². The summed E-state index contributed by atoms with van der Waals surface area (Å²) in [7, 11) is 0. The van der Waals surface area contributed by atoms with E-state index < -0.39 is 16.4 Å². The summed E-state index contributed by atoms with van der Waals surface area (Å²) in [6.45, 7) is 9.91. The zero-order chi connectivity index (χ0) is 14.9. The van der Waals surface area contributed by atoms with E-state index in [1.165, 1.54) is 6.92 Å². The Hall–Kier alpha value is -0.880. The molecule has 0 aromatic heterocycles. The number of aliphatic carboxylic acids is 1. The number of aliphatic hydroxyl groups excluding tert-OH is 1. The van der Waals surface area contributed by atoms with Crippen LogP contribution in [0.25, 0.3) is 0 Å². The summed E-state index contributed by atoms with van der Waals surface area (Å²) in [5, 5.41) is 17.0. The second kappa shape index (κ2) is 9.10. The fourth-order valence-corrected chi connectivity index (χ4v) is 0.576. The van der Waals surface area contributed by atoms with E-state index in [-0.39, 0.29) is 18.1 Å². The number of alkyl halides is 1. The number of carbonyl (C=O) groups is 2. The Morgan fingerprint density at radius 2 is 1.83 bits per heavy atom. The molecule has 18 heavy (non-hydrogen) atoms. The van der Waals surface area contributed by atoms with E-state index in [9.17, 15) is 9.59 Å². The van der Waals surface area contributed by atoms with Crippen LogP contribution in [-0.4, -0.2) is 39.2 Å². The van der Waals surface area contributed by atoms with E-state index in [4.69, 9.17) is 14.9 Å². The molecule has 0 aliphatic heterocycles. The molecule has 1 unspecified atom stereocenters. The summed E-state index contributed by atoms with van der Waals surface area (Å²) in [6, 6.07) is 0. The molecule has 0 amide bonds. The van der Waals surface area contributed by atoms with Crippen LogP contribution < -0.4 is 0 Å². The number of rotatable bonds is 5. The number of hydrogen-bond acceptors (Lipinski definition) is 4. The Morgan fingerprint density at radius 3 is 2.06 bits per heavy atom. The fraction of sp³-hybridized carbons (Fsp3) is 0.667. The van der Waals surface area contributed by atoms with Crippen LogP contribution in [0.4, 0.5) is 0 Å². The second-order valence-electron chi connectivity index (χ2n) is 4.22. The smallest absolute Gasteiger partial charge is 0.330 e. The maximum absolute atomic E-state index is 11.1. The first kappa shape index (κ1) is 19.5. The lowest BCUT2D eigenvalue weighted by molar-refractivity contribution is -0.148. The summed E-state index contributed by atoms with van der Waals surface area (Å²) in [4.78, 5) is 20.7. The summed E-state index contributed by atoms with van der Waals surface area (Å²) in [5.74, 6) is -1.29. The Kier molecular flexibility index (Phi) is 9.84. The summed E-state index contributed by atoms with van der Waals surface area (Å²) in [6.07, 6.45) is 0.0412. The summed E-state index contributed by atoms with van der Waals surface area (Å²) in [5.41, 5.74) is 0.176. The van der Waals surface area contributed by atoms with Crippen LogP contribution in [0.2, 0.25) is 0 Å². The average molecular weight is 325 g/mol. The zero-order valence-corrected chi connectivity index (χ0v) is 12.8. The van der Waals surface area contributed by atoms with Gasteiger partial charge in [0.2, 0.25) is 0 Å². The third-order valence-corrected chi connectivity index (χ3v) is 2.05. The van der Waals surface area contributed by atoms with E-state index in [1.807, 2.05) is 6.92 Å². The normalized spacial score (nSPS) is 11.9. The minimum absolute atomic E-state index is 0.0738. The molecule has 0 radical (unpaired) electrons. The predicted octanol–water partition coefficient (Wildman–Crippen LogP) is 2.12. The molecule has 0 aromatic rings. The maximum Gasteiger partial charge on any atom is 0.330 e. The molecular weight excluding hydrogens is 304 g/mol. The van der Waals surface area contributed by atoms with E-state index in [0.717, 1.165) is 0 Å². The number of hydrogen-bond donors (Lipinski definition) is 2. The van der Waals surface area contributed by atoms with Crippen molar-refractivity contribution in [3.05, 3.63) is 12.2 Å². The van der Waals surface area contributed by atoms with Gasteiger partial charge in [0.05, 0.1) is 6.10 Å². The highest BCUT2D eigenvalue weighted by atomic mass is 79.9. The van der Waals surface area contributed by atoms with Gasteiger partial charge in [0.15, 0.2) is 0 Å². The van der Waals surface area contributed by atoms with Gasteiger partial charge in [0, 0.05) is 5.57 Å². The molecule has 0 fully saturated rings. The number of halogens is 1. The minimum atomic E-state index is -0.935. The van der Waals surface area contributed by atoms with Gasteiger partial charge in [-0.2, -0.15) is 0 Å². The number of esters is 1. The number of ether oxygens (including phenoxy) is 1. The van der Waals surface area contributed by atoms with Crippen molar-refractivity contribution >= 4 is 27.9 Å². The van der Waals surface area contributed by atoms with Crippen LogP contribution in [0, 0.1) is 0 Å². The topological polar surface area (TPSA) is 83.8 Å². The Labute approximate surface area is 116 Å². The van der Waals surface area contributed by atoms with Crippen LogP contribution in [0.15, 0.2) is 12.2 Å². The molecule has 0 aliphatic carbocycles. The molecule has 0 aromatic carbocycles. The average Bonchev–Trinajstić information content (AvgIpc) is 2.24. The van der Waals surface area contributed by atoms with Crippen LogP contribution in [0.1, 0.15) is 34.1 Å². The molecule has 106 valence electrons. The fourth-order valence-electron chi connectivity index (χ4n) is 0.461. The Morgan fingerprint density at radius 1 is 1.44 bits per heavy atom. The first-order chi connectivity index (χ1) is 8.02. The number of carboxylic acid groups (broad SMARTS) is 1. The van der Waals surface area contributed by atoms with Crippen molar-refractivity contribution in [2.45, 2.75) is 44.5 Å². The van der Waals surface area contributed by atoms with E-state index in [1.54, 1.807) is 13.8 Å². The zero-order valence-electron chi connectivity index (χ0n) is 11.2. The van der Waals surface area contributed by atoms with Gasteiger partial charge in [-0.05, 0) is 27.2 Å². The number of carboxylic acids is 1. The molecule has 0 bridgehead atoms. The maximum atomic E-state index is 11.1. The predicted molar refractivity (Wildman–Crippen MR) is 72.7 cm³/mol. The first-order valence-corrected chi connectivity index (χ1v) is 6.24. The molecule has 1 atom stereocenters. The van der Waals surface area contributed by atoms with E-state index in [0.29, 0.717) is 6.42 Å². The second-order valence-corrected chi connectivity index (χ2v) is 6.20. The SMILES string of the molecule is C=C(C)C(=O)O.CCC(O)COC(=O)C(C)(C)Br. The molecule has 0 heterocycles. The van der Waals surface area contributed by atoms with Gasteiger partial charge in [-0.25, -0.2) is 4.79 Å². The molecular formula is C12H21BrO5.